The van der Waals surface area contributed by atoms with E-state index >= 15 is 0 Å². The number of anilines is 1. The molecule has 2 heterocycles. The van der Waals surface area contributed by atoms with Gasteiger partial charge in [-0.05, 0) is 39.3 Å². The fraction of sp³-hybridized carbons (Fsp3) is 0.429. The number of nitrogen functional groups attached to an aromatic ring is 1. The minimum atomic E-state index is -2.67. The number of esters is 1. The quantitative estimate of drug-likeness (QED) is 0.848. The van der Waals surface area contributed by atoms with Crippen LogP contribution in [-0.2, 0) is 4.74 Å². The molecule has 0 radical (unpaired) electrons. The van der Waals surface area contributed by atoms with Crippen LogP contribution in [0.15, 0.2) is 6.07 Å². The number of alkyl halides is 2. The zero-order chi connectivity index (χ0) is 15.9. The van der Waals surface area contributed by atoms with Gasteiger partial charge in [0.1, 0.15) is 21.0 Å². The molecule has 0 spiro atoms. The number of aryl methyl sites for hydroxylation is 1. The van der Waals surface area contributed by atoms with Gasteiger partial charge in [-0.3, -0.25) is 0 Å². The monoisotopic (exact) mass is 314 g/mol. The molecular weight excluding hydrogens is 298 g/mol. The summed E-state index contributed by atoms with van der Waals surface area (Å²) in [7, 11) is 0. The van der Waals surface area contributed by atoms with E-state index in [-0.39, 0.29) is 16.3 Å². The summed E-state index contributed by atoms with van der Waals surface area (Å²) in [5, 5.41) is 0.533. The number of hydrogen-bond acceptors (Lipinski definition) is 5. The number of carbonyl (C=O) groups is 1. The third kappa shape index (κ3) is 3.12. The standard InChI is InChI=1S/C14H16F2N2O2S/c1-6-5-7(11(15)16)18-12-8(6)9(17)10(21-12)13(19)20-14(2,3)4/h5,11H,17H2,1-4H3. The minimum absolute atomic E-state index is 0.196. The highest BCUT2D eigenvalue weighted by Crippen LogP contribution is 2.37. The molecule has 0 saturated heterocycles. The summed E-state index contributed by atoms with van der Waals surface area (Å²) in [6.07, 6.45) is -2.67. The van der Waals surface area contributed by atoms with Crippen molar-refractivity contribution < 1.29 is 18.3 Å². The zero-order valence-electron chi connectivity index (χ0n) is 12.2. The number of nitrogens with two attached hydrogens (primary N) is 1. The first-order valence-electron chi connectivity index (χ1n) is 6.31. The van der Waals surface area contributed by atoms with E-state index in [2.05, 4.69) is 4.98 Å². The maximum absolute atomic E-state index is 12.8. The lowest BCUT2D eigenvalue weighted by Gasteiger charge is -2.18. The Kier molecular flexibility index (Phi) is 3.88. The van der Waals surface area contributed by atoms with Gasteiger partial charge in [0.2, 0.25) is 0 Å². The van der Waals surface area contributed by atoms with Gasteiger partial charge in [-0.25, -0.2) is 18.6 Å². The van der Waals surface area contributed by atoms with Gasteiger partial charge in [0.05, 0.1) is 5.69 Å². The van der Waals surface area contributed by atoms with Crippen molar-refractivity contribution in [1.82, 2.24) is 4.98 Å². The van der Waals surface area contributed by atoms with E-state index in [1.807, 2.05) is 0 Å². The first-order chi connectivity index (χ1) is 9.60. The molecule has 0 aromatic carbocycles. The molecule has 0 aliphatic carbocycles. The molecule has 2 N–H and O–H groups in total. The second-order valence-corrected chi connectivity index (χ2v) is 6.69. The highest BCUT2D eigenvalue weighted by molar-refractivity contribution is 7.21. The lowest BCUT2D eigenvalue weighted by molar-refractivity contribution is 0.00764. The molecule has 0 fully saturated rings. The lowest BCUT2D eigenvalue weighted by Crippen LogP contribution is -2.23. The molecule has 7 heteroatoms. The highest BCUT2D eigenvalue weighted by atomic mass is 32.1. The zero-order valence-corrected chi connectivity index (χ0v) is 13.0. The number of aromatic nitrogens is 1. The second-order valence-electron chi connectivity index (χ2n) is 5.69. The fourth-order valence-corrected chi connectivity index (χ4v) is 2.98. The summed E-state index contributed by atoms with van der Waals surface area (Å²) in [5.41, 5.74) is 5.79. The van der Waals surface area contributed by atoms with Crippen molar-refractivity contribution in [2.75, 3.05) is 5.73 Å². The lowest BCUT2D eigenvalue weighted by atomic mass is 10.1. The Morgan fingerprint density at radius 3 is 2.57 bits per heavy atom. The summed E-state index contributed by atoms with van der Waals surface area (Å²) in [4.78, 5) is 16.5. The number of carbonyl (C=O) groups excluding carboxylic acids is 1. The number of ether oxygens (including phenoxy) is 1. The van der Waals surface area contributed by atoms with Crippen LogP contribution in [0.2, 0.25) is 0 Å². The molecule has 2 rings (SSSR count). The molecule has 0 aliphatic heterocycles. The fourth-order valence-electron chi connectivity index (χ4n) is 1.92. The Hall–Kier alpha value is -1.76. The topological polar surface area (TPSA) is 65.2 Å². The highest BCUT2D eigenvalue weighted by Gasteiger charge is 2.25. The Bertz CT molecular complexity index is 705. The van der Waals surface area contributed by atoms with Crippen LogP contribution < -0.4 is 5.73 Å². The van der Waals surface area contributed by atoms with Crippen LogP contribution in [0.1, 0.15) is 48.1 Å². The number of halogens is 2. The molecule has 114 valence electrons. The molecule has 0 unspecified atom stereocenters. The normalized spacial score (nSPS) is 12.1. The van der Waals surface area contributed by atoms with Crippen LogP contribution in [-0.4, -0.2) is 16.6 Å². The molecule has 0 atom stereocenters. The van der Waals surface area contributed by atoms with Crippen molar-refractivity contribution >= 4 is 33.2 Å². The average molecular weight is 314 g/mol. The molecule has 21 heavy (non-hydrogen) atoms. The average Bonchev–Trinajstić information content (AvgIpc) is 2.64. The number of nitrogens with zero attached hydrogens (tertiary/aromatic N) is 1. The molecule has 2 aromatic heterocycles. The summed E-state index contributed by atoms with van der Waals surface area (Å²) in [6.45, 7) is 6.89. The number of rotatable bonds is 2. The molecule has 0 saturated carbocycles. The van der Waals surface area contributed by atoms with Crippen molar-refractivity contribution in [3.05, 3.63) is 22.2 Å². The van der Waals surface area contributed by atoms with Crippen LogP contribution >= 0.6 is 11.3 Å². The predicted octanol–water partition coefficient (Wildman–Crippen LogP) is 4.08. The van der Waals surface area contributed by atoms with Crippen molar-refractivity contribution in [3.8, 4) is 0 Å². The van der Waals surface area contributed by atoms with Crippen LogP contribution in [0.5, 0.6) is 0 Å². The van der Waals surface area contributed by atoms with E-state index in [9.17, 15) is 13.6 Å². The Morgan fingerprint density at radius 2 is 2.05 bits per heavy atom. The van der Waals surface area contributed by atoms with Crippen LogP contribution in [0.4, 0.5) is 14.5 Å². The molecule has 0 amide bonds. The van der Waals surface area contributed by atoms with E-state index in [1.54, 1.807) is 27.7 Å². The summed E-state index contributed by atoms with van der Waals surface area (Å²) in [5.74, 6) is -0.569. The van der Waals surface area contributed by atoms with E-state index in [1.165, 1.54) is 6.07 Å². The van der Waals surface area contributed by atoms with Crippen LogP contribution in [0.3, 0.4) is 0 Å². The van der Waals surface area contributed by atoms with Gasteiger partial charge in [0, 0.05) is 5.39 Å². The first-order valence-corrected chi connectivity index (χ1v) is 7.13. The number of pyridine rings is 1. The van der Waals surface area contributed by atoms with Gasteiger partial charge in [-0.15, -0.1) is 11.3 Å². The summed E-state index contributed by atoms with van der Waals surface area (Å²) in [6, 6.07) is 1.29. The molecular formula is C14H16F2N2O2S. The largest absolute Gasteiger partial charge is 0.456 e. The van der Waals surface area contributed by atoms with Gasteiger partial charge in [-0.2, -0.15) is 0 Å². The third-order valence-electron chi connectivity index (χ3n) is 2.72. The van der Waals surface area contributed by atoms with E-state index in [4.69, 9.17) is 10.5 Å². The van der Waals surface area contributed by atoms with Gasteiger partial charge < -0.3 is 10.5 Å². The Labute approximate surface area is 124 Å². The second kappa shape index (κ2) is 5.22. The Balaban J connectivity index is 2.55. The predicted molar refractivity (Wildman–Crippen MR) is 78.9 cm³/mol. The Morgan fingerprint density at radius 1 is 1.43 bits per heavy atom. The van der Waals surface area contributed by atoms with Gasteiger partial charge in [0.25, 0.3) is 6.43 Å². The minimum Gasteiger partial charge on any atom is -0.456 e. The smallest absolute Gasteiger partial charge is 0.351 e. The van der Waals surface area contributed by atoms with Crippen molar-refractivity contribution in [2.45, 2.75) is 39.7 Å². The summed E-state index contributed by atoms with van der Waals surface area (Å²) < 4.78 is 30.8. The molecule has 4 nitrogen and oxygen atoms in total. The van der Waals surface area contributed by atoms with Crippen molar-refractivity contribution in [3.63, 3.8) is 0 Å². The number of thiophene rings is 1. The van der Waals surface area contributed by atoms with Gasteiger partial charge in [-0.1, -0.05) is 0 Å². The van der Waals surface area contributed by atoms with E-state index in [0.29, 0.717) is 15.8 Å². The van der Waals surface area contributed by atoms with Crippen LogP contribution in [0, 0.1) is 6.92 Å². The molecule has 2 aromatic rings. The maximum atomic E-state index is 12.8. The van der Waals surface area contributed by atoms with Crippen LogP contribution in [0.25, 0.3) is 10.2 Å². The number of hydrogen-bond donors (Lipinski definition) is 1. The van der Waals surface area contributed by atoms with Crippen molar-refractivity contribution in [1.29, 1.82) is 0 Å². The van der Waals surface area contributed by atoms with E-state index < -0.39 is 18.0 Å². The maximum Gasteiger partial charge on any atom is 0.351 e. The van der Waals surface area contributed by atoms with Gasteiger partial charge in [0.15, 0.2) is 0 Å². The SMILES string of the molecule is Cc1cc(C(F)F)nc2sc(C(=O)OC(C)(C)C)c(N)c12. The number of fused-ring (bicyclic) bond motifs is 1. The summed E-state index contributed by atoms with van der Waals surface area (Å²) >= 11 is 0.974. The van der Waals surface area contributed by atoms with E-state index in [0.717, 1.165) is 11.3 Å². The molecule has 0 aliphatic rings. The van der Waals surface area contributed by atoms with Gasteiger partial charge >= 0.3 is 5.97 Å². The third-order valence-corrected chi connectivity index (χ3v) is 3.80. The molecule has 0 bridgehead atoms. The van der Waals surface area contributed by atoms with Crippen molar-refractivity contribution in [2.24, 2.45) is 0 Å². The first kappa shape index (κ1) is 15.6.